The molecule has 0 nitrogen and oxygen atoms in total. The number of hydrogen-bond donors (Lipinski definition) is 0. The van der Waals surface area contributed by atoms with Gasteiger partial charge in [-0.1, -0.05) is 53.6 Å². The first-order chi connectivity index (χ1) is 8.33. The minimum atomic E-state index is 1.20. The lowest BCUT2D eigenvalue weighted by Gasteiger charge is -2.21. The molecule has 2 aliphatic carbocycles. The van der Waals surface area contributed by atoms with Crippen molar-refractivity contribution in [3.05, 3.63) is 64.8 Å². The number of hydrogen-bond acceptors (Lipinski definition) is 0. The van der Waals surface area contributed by atoms with Crippen molar-refractivity contribution in [1.29, 1.82) is 0 Å². The topological polar surface area (TPSA) is 0 Å². The maximum absolute atomic E-state index is 2.39. The summed E-state index contributed by atoms with van der Waals surface area (Å²) in [6.45, 7) is 2.14. The highest BCUT2D eigenvalue weighted by Crippen LogP contribution is 2.34. The van der Waals surface area contributed by atoms with E-state index < -0.39 is 0 Å². The van der Waals surface area contributed by atoms with Crippen LogP contribution in [0.5, 0.6) is 0 Å². The Kier molecular flexibility index (Phi) is 2.72. The summed E-state index contributed by atoms with van der Waals surface area (Å²) in [6, 6.07) is 8.91. The molecule has 1 aromatic carbocycles. The molecule has 0 saturated carbocycles. The fraction of sp³-hybridized carbons (Fsp3) is 0.294. The minimum Gasteiger partial charge on any atom is -0.0836 e. The lowest BCUT2D eigenvalue weighted by atomic mass is 9.84. The zero-order valence-corrected chi connectivity index (χ0v) is 10.4. The molecule has 0 saturated heterocycles. The summed E-state index contributed by atoms with van der Waals surface area (Å²) in [5.74, 6) is 0. The lowest BCUT2D eigenvalue weighted by molar-refractivity contribution is 0.838. The van der Waals surface area contributed by atoms with Crippen LogP contribution >= 0.6 is 0 Å². The Balaban J connectivity index is 1.95. The van der Waals surface area contributed by atoms with Gasteiger partial charge in [-0.15, -0.1) is 0 Å². The Bertz CT molecular complexity index is 509. The van der Waals surface area contributed by atoms with Crippen LogP contribution < -0.4 is 0 Å². The van der Waals surface area contributed by atoms with Crippen LogP contribution in [0.4, 0.5) is 0 Å². The van der Waals surface area contributed by atoms with Crippen LogP contribution in [0.2, 0.25) is 0 Å². The van der Waals surface area contributed by atoms with Gasteiger partial charge in [-0.2, -0.15) is 0 Å². The summed E-state index contributed by atoms with van der Waals surface area (Å²) in [6.07, 6.45) is 11.9. The molecule has 86 valence electrons. The molecule has 0 unspecified atom stereocenters. The summed E-state index contributed by atoms with van der Waals surface area (Å²) >= 11 is 0. The first kappa shape index (κ1) is 10.6. The highest BCUT2D eigenvalue weighted by atomic mass is 14.2. The van der Waals surface area contributed by atoms with Gasteiger partial charge in [0.2, 0.25) is 0 Å². The SMILES string of the molecule is Cc1ccc(C2=CC3=C(CCC=C3)CC2)cc1. The van der Waals surface area contributed by atoms with Gasteiger partial charge >= 0.3 is 0 Å². The van der Waals surface area contributed by atoms with Gasteiger partial charge in [-0.25, -0.2) is 0 Å². The molecule has 0 radical (unpaired) electrons. The summed E-state index contributed by atoms with van der Waals surface area (Å²) in [5, 5.41) is 0. The van der Waals surface area contributed by atoms with Crippen LogP contribution in [0.25, 0.3) is 5.57 Å². The Morgan fingerprint density at radius 2 is 1.76 bits per heavy atom. The molecule has 3 rings (SSSR count). The molecule has 0 N–H and O–H groups in total. The van der Waals surface area contributed by atoms with Crippen molar-refractivity contribution in [3.8, 4) is 0 Å². The summed E-state index contributed by atoms with van der Waals surface area (Å²) < 4.78 is 0. The van der Waals surface area contributed by atoms with Crippen LogP contribution in [-0.4, -0.2) is 0 Å². The predicted octanol–water partition coefficient (Wildman–Crippen LogP) is 4.82. The maximum Gasteiger partial charge on any atom is -0.0224 e. The van der Waals surface area contributed by atoms with E-state index >= 15 is 0 Å². The molecule has 1 aromatic rings. The number of allylic oxidation sites excluding steroid dienone is 6. The van der Waals surface area contributed by atoms with Crippen molar-refractivity contribution in [2.75, 3.05) is 0 Å². The molecule has 0 heterocycles. The van der Waals surface area contributed by atoms with E-state index in [0.29, 0.717) is 0 Å². The van der Waals surface area contributed by atoms with Gasteiger partial charge in [0, 0.05) is 0 Å². The molecule has 0 bridgehead atoms. The van der Waals surface area contributed by atoms with Gasteiger partial charge in [0.15, 0.2) is 0 Å². The monoisotopic (exact) mass is 222 g/mol. The second-order valence-corrected chi connectivity index (χ2v) is 5.04. The highest BCUT2D eigenvalue weighted by Gasteiger charge is 2.14. The van der Waals surface area contributed by atoms with Gasteiger partial charge in [0.1, 0.15) is 0 Å². The summed E-state index contributed by atoms with van der Waals surface area (Å²) in [4.78, 5) is 0. The third-order valence-electron chi connectivity index (χ3n) is 3.77. The van der Waals surface area contributed by atoms with E-state index in [1.54, 1.807) is 5.57 Å². The molecule has 0 fully saturated rings. The van der Waals surface area contributed by atoms with E-state index in [2.05, 4.69) is 49.4 Å². The van der Waals surface area contributed by atoms with Gasteiger partial charge in [0.05, 0.1) is 0 Å². The second kappa shape index (κ2) is 4.37. The Morgan fingerprint density at radius 3 is 2.59 bits per heavy atom. The van der Waals surface area contributed by atoms with E-state index in [9.17, 15) is 0 Å². The molecular formula is C17H18. The third-order valence-corrected chi connectivity index (χ3v) is 3.77. The van der Waals surface area contributed by atoms with Gasteiger partial charge in [-0.3, -0.25) is 0 Å². The van der Waals surface area contributed by atoms with Crippen LogP contribution in [0, 0.1) is 6.92 Å². The second-order valence-electron chi connectivity index (χ2n) is 5.04. The fourth-order valence-electron chi connectivity index (χ4n) is 2.69. The Morgan fingerprint density at radius 1 is 0.941 bits per heavy atom. The average Bonchev–Trinajstić information content (AvgIpc) is 2.39. The molecule has 0 amide bonds. The number of benzene rings is 1. The quantitative estimate of drug-likeness (QED) is 0.639. The molecule has 0 aliphatic heterocycles. The molecule has 0 atom stereocenters. The van der Waals surface area contributed by atoms with Crippen molar-refractivity contribution in [1.82, 2.24) is 0 Å². The average molecular weight is 222 g/mol. The Labute approximate surface area is 103 Å². The standard InChI is InChI=1S/C17H18/c1-13-6-8-15(9-7-13)17-11-10-14-4-2-3-5-16(14)12-17/h3,5-9,12H,2,4,10-11H2,1H3. The Hall–Kier alpha value is -1.56. The third kappa shape index (κ3) is 2.12. The molecule has 0 spiro atoms. The van der Waals surface area contributed by atoms with Crippen molar-refractivity contribution < 1.29 is 0 Å². The van der Waals surface area contributed by atoms with Crippen molar-refractivity contribution in [3.63, 3.8) is 0 Å². The lowest BCUT2D eigenvalue weighted by Crippen LogP contribution is -2.01. The van der Waals surface area contributed by atoms with E-state index in [0.717, 1.165) is 0 Å². The maximum atomic E-state index is 2.39. The first-order valence-electron chi connectivity index (χ1n) is 6.49. The van der Waals surface area contributed by atoms with Gasteiger partial charge in [-0.05, 0) is 49.3 Å². The normalized spacial score (nSPS) is 19.0. The molecule has 0 aromatic heterocycles. The fourth-order valence-corrected chi connectivity index (χ4v) is 2.69. The summed E-state index contributed by atoms with van der Waals surface area (Å²) in [7, 11) is 0. The largest absolute Gasteiger partial charge is 0.0836 e. The van der Waals surface area contributed by atoms with Crippen molar-refractivity contribution in [2.24, 2.45) is 0 Å². The van der Waals surface area contributed by atoms with Gasteiger partial charge < -0.3 is 0 Å². The molecule has 0 heteroatoms. The van der Waals surface area contributed by atoms with Crippen LogP contribution in [0.15, 0.2) is 53.6 Å². The van der Waals surface area contributed by atoms with Crippen molar-refractivity contribution in [2.45, 2.75) is 32.6 Å². The first-order valence-corrected chi connectivity index (χ1v) is 6.49. The smallest absolute Gasteiger partial charge is 0.0224 e. The number of aryl methyl sites for hydroxylation is 1. The molecule has 2 aliphatic rings. The van der Waals surface area contributed by atoms with Crippen LogP contribution in [0.1, 0.15) is 36.8 Å². The predicted molar refractivity (Wildman–Crippen MR) is 73.8 cm³/mol. The van der Waals surface area contributed by atoms with Gasteiger partial charge in [0.25, 0.3) is 0 Å². The van der Waals surface area contributed by atoms with Crippen LogP contribution in [-0.2, 0) is 0 Å². The molecular weight excluding hydrogens is 204 g/mol. The van der Waals surface area contributed by atoms with E-state index in [4.69, 9.17) is 0 Å². The van der Waals surface area contributed by atoms with Crippen molar-refractivity contribution >= 4 is 5.57 Å². The van der Waals surface area contributed by atoms with E-state index in [1.165, 1.54) is 48.0 Å². The zero-order valence-electron chi connectivity index (χ0n) is 10.4. The van der Waals surface area contributed by atoms with E-state index in [-0.39, 0.29) is 0 Å². The number of rotatable bonds is 1. The minimum absolute atomic E-state index is 1.20. The zero-order chi connectivity index (χ0) is 11.7. The van der Waals surface area contributed by atoms with Crippen LogP contribution in [0.3, 0.4) is 0 Å². The summed E-state index contributed by atoms with van der Waals surface area (Å²) in [5.41, 5.74) is 7.35. The van der Waals surface area contributed by atoms with E-state index in [1.807, 2.05) is 0 Å². The highest BCUT2D eigenvalue weighted by molar-refractivity contribution is 5.71. The molecule has 17 heavy (non-hydrogen) atoms.